The van der Waals surface area contributed by atoms with E-state index in [4.69, 9.17) is 0 Å². The van der Waals surface area contributed by atoms with Crippen LogP contribution in [0.25, 0.3) is 0 Å². The lowest BCUT2D eigenvalue weighted by molar-refractivity contribution is -0.142. The molecule has 5 nitrogen and oxygen atoms in total. The minimum atomic E-state index is -0.303. The predicted molar refractivity (Wildman–Crippen MR) is 80.5 cm³/mol. The molecular weight excluding hydrogens is 256 g/mol. The van der Waals surface area contributed by atoms with Crippen molar-refractivity contribution in [1.82, 2.24) is 10.2 Å². The summed E-state index contributed by atoms with van der Waals surface area (Å²) in [7, 11) is 1.36. The molecule has 1 atom stereocenters. The first-order chi connectivity index (χ1) is 9.53. The fraction of sp³-hybridized carbons (Fsp3) is 0.867. The van der Waals surface area contributed by atoms with E-state index in [1.54, 1.807) is 0 Å². The molecule has 0 aliphatic carbocycles. The molecule has 0 aromatic carbocycles. The quantitative estimate of drug-likeness (QED) is 0.466. The van der Waals surface area contributed by atoms with Crippen LogP contribution in [0.5, 0.6) is 0 Å². The second kappa shape index (κ2) is 11.7. The van der Waals surface area contributed by atoms with Gasteiger partial charge in [0.2, 0.25) is 5.91 Å². The number of hydrogen-bond acceptors (Lipinski definition) is 4. The molecule has 20 heavy (non-hydrogen) atoms. The Balaban J connectivity index is 4.07. The van der Waals surface area contributed by atoms with Gasteiger partial charge in [-0.3, -0.25) is 14.5 Å². The van der Waals surface area contributed by atoms with E-state index in [0.29, 0.717) is 6.54 Å². The van der Waals surface area contributed by atoms with E-state index in [1.165, 1.54) is 20.0 Å². The normalized spacial score (nSPS) is 12.2. The number of methoxy groups -OCH3 is 1. The van der Waals surface area contributed by atoms with Gasteiger partial charge in [-0.25, -0.2) is 0 Å². The molecule has 0 bridgehead atoms. The molecule has 1 amide bonds. The molecule has 1 N–H and O–H groups in total. The molecule has 5 heteroatoms. The molecule has 0 heterocycles. The molecule has 0 saturated carbocycles. The van der Waals surface area contributed by atoms with Gasteiger partial charge >= 0.3 is 5.97 Å². The van der Waals surface area contributed by atoms with Crippen LogP contribution in [0.1, 0.15) is 52.9 Å². The van der Waals surface area contributed by atoms with Gasteiger partial charge in [0.1, 0.15) is 0 Å². The van der Waals surface area contributed by atoms with Crippen LogP contribution in [0.3, 0.4) is 0 Å². The standard InChI is InChI=1S/C15H30N2O3/c1-5-7-8-9-13(3)16-14(18)11-17(10-6-2)12-15(19)20-4/h13H,5-12H2,1-4H3,(H,16,18). The van der Waals surface area contributed by atoms with Crippen LogP contribution in [-0.2, 0) is 14.3 Å². The Bertz CT molecular complexity index is 282. The number of nitrogens with one attached hydrogen (secondary N) is 1. The van der Waals surface area contributed by atoms with E-state index in [2.05, 4.69) is 17.0 Å². The first-order valence-corrected chi connectivity index (χ1v) is 7.61. The molecule has 0 aliphatic heterocycles. The number of unbranched alkanes of at least 4 members (excludes halogenated alkanes) is 2. The Morgan fingerprint density at radius 1 is 1.15 bits per heavy atom. The number of ether oxygens (including phenoxy) is 1. The summed E-state index contributed by atoms with van der Waals surface area (Å²) in [5.41, 5.74) is 0. The summed E-state index contributed by atoms with van der Waals surface area (Å²) >= 11 is 0. The minimum absolute atomic E-state index is 0.0219. The van der Waals surface area contributed by atoms with Gasteiger partial charge in [-0.15, -0.1) is 0 Å². The van der Waals surface area contributed by atoms with Crippen molar-refractivity contribution in [3.8, 4) is 0 Å². The zero-order valence-corrected chi connectivity index (χ0v) is 13.4. The Morgan fingerprint density at radius 3 is 2.40 bits per heavy atom. The van der Waals surface area contributed by atoms with Crippen molar-refractivity contribution in [2.75, 3.05) is 26.7 Å². The van der Waals surface area contributed by atoms with Crippen LogP contribution in [0.2, 0.25) is 0 Å². The maximum Gasteiger partial charge on any atom is 0.319 e. The van der Waals surface area contributed by atoms with Crippen molar-refractivity contribution in [1.29, 1.82) is 0 Å². The smallest absolute Gasteiger partial charge is 0.319 e. The number of esters is 1. The maximum absolute atomic E-state index is 11.9. The molecule has 1 unspecified atom stereocenters. The lowest BCUT2D eigenvalue weighted by atomic mass is 10.1. The van der Waals surface area contributed by atoms with Gasteiger partial charge < -0.3 is 10.1 Å². The Labute approximate surface area is 123 Å². The van der Waals surface area contributed by atoms with Crippen LogP contribution in [-0.4, -0.2) is 49.6 Å². The van der Waals surface area contributed by atoms with E-state index in [9.17, 15) is 9.59 Å². The molecule has 0 rings (SSSR count). The third-order valence-corrected chi connectivity index (χ3v) is 3.14. The van der Waals surface area contributed by atoms with E-state index in [0.717, 1.165) is 19.3 Å². The number of nitrogens with zero attached hydrogens (tertiary/aromatic N) is 1. The summed E-state index contributed by atoms with van der Waals surface area (Å²) in [5.74, 6) is -0.325. The molecule has 0 saturated heterocycles. The van der Waals surface area contributed by atoms with E-state index in [1.807, 2.05) is 18.7 Å². The van der Waals surface area contributed by atoms with Crippen molar-refractivity contribution in [3.63, 3.8) is 0 Å². The van der Waals surface area contributed by atoms with Crippen LogP contribution in [0.15, 0.2) is 0 Å². The number of rotatable bonds is 11. The molecule has 0 aromatic heterocycles. The fourth-order valence-electron chi connectivity index (χ4n) is 2.07. The van der Waals surface area contributed by atoms with Crippen LogP contribution in [0.4, 0.5) is 0 Å². The van der Waals surface area contributed by atoms with E-state index in [-0.39, 0.29) is 31.0 Å². The summed E-state index contributed by atoms with van der Waals surface area (Å²) < 4.78 is 4.64. The number of carbonyl (C=O) groups excluding carboxylic acids is 2. The highest BCUT2D eigenvalue weighted by molar-refractivity contribution is 5.79. The summed E-state index contributed by atoms with van der Waals surface area (Å²) in [5, 5.41) is 2.99. The maximum atomic E-state index is 11.9. The fourth-order valence-corrected chi connectivity index (χ4v) is 2.07. The van der Waals surface area contributed by atoms with Gasteiger partial charge in [0.05, 0.1) is 20.2 Å². The summed E-state index contributed by atoms with van der Waals surface area (Å²) in [6, 6.07) is 0.190. The number of carbonyl (C=O) groups is 2. The first-order valence-electron chi connectivity index (χ1n) is 7.61. The predicted octanol–water partition coefficient (Wildman–Crippen LogP) is 1.96. The highest BCUT2D eigenvalue weighted by Crippen LogP contribution is 2.03. The molecule has 0 aromatic rings. The molecule has 0 radical (unpaired) electrons. The van der Waals surface area contributed by atoms with Gasteiger partial charge in [0.15, 0.2) is 0 Å². The van der Waals surface area contributed by atoms with Crippen molar-refractivity contribution < 1.29 is 14.3 Å². The number of hydrogen-bond donors (Lipinski definition) is 1. The van der Waals surface area contributed by atoms with E-state index >= 15 is 0 Å². The molecular formula is C15H30N2O3. The van der Waals surface area contributed by atoms with Gasteiger partial charge in [0.25, 0.3) is 0 Å². The zero-order chi connectivity index (χ0) is 15.4. The van der Waals surface area contributed by atoms with E-state index < -0.39 is 0 Å². The van der Waals surface area contributed by atoms with Gasteiger partial charge in [-0.05, 0) is 26.3 Å². The van der Waals surface area contributed by atoms with Crippen molar-refractivity contribution >= 4 is 11.9 Å². The van der Waals surface area contributed by atoms with Gasteiger partial charge in [0, 0.05) is 6.04 Å². The SMILES string of the molecule is CCCCCC(C)NC(=O)CN(CCC)CC(=O)OC. The minimum Gasteiger partial charge on any atom is -0.468 e. The van der Waals surface area contributed by atoms with Gasteiger partial charge in [-0.1, -0.05) is 33.1 Å². The van der Waals surface area contributed by atoms with Crippen LogP contribution in [0, 0.1) is 0 Å². The van der Waals surface area contributed by atoms with Crippen LogP contribution >= 0.6 is 0 Å². The molecule has 118 valence electrons. The highest BCUT2D eigenvalue weighted by Gasteiger charge is 2.15. The molecule has 0 spiro atoms. The topological polar surface area (TPSA) is 58.6 Å². The summed E-state index contributed by atoms with van der Waals surface area (Å²) in [4.78, 5) is 25.0. The second-order valence-electron chi connectivity index (χ2n) is 5.25. The van der Waals surface area contributed by atoms with Gasteiger partial charge in [-0.2, -0.15) is 0 Å². The van der Waals surface area contributed by atoms with Crippen LogP contribution < -0.4 is 5.32 Å². The Kier molecular flexibility index (Phi) is 11.1. The third-order valence-electron chi connectivity index (χ3n) is 3.14. The Morgan fingerprint density at radius 2 is 1.85 bits per heavy atom. The first kappa shape index (κ1) is 18.9. The highest BCUT2D eigenvalue weighted by atomic mass is 16.5. The van der Waals surface area contributed by atoms with Crippen molar-refractivity contribution in [3.05, 3.63) is 0 Å². The number of amides is 1. The second-order valence-corrected chi connectivity index (χ2v) is 5.25. The zero-order valence-electron chi connectivity index (χ0n) is 13.4. The Hall–Kier alpha value is -1.10. The molecule has 0 aliphatic rings. The van der Waals surface area contributed by atoms with Crippen molar-refractivity contribution in [2.24, 2.45) is 0 Å². The molecule has 0 fully saturated rings. The van der Waals surface area contributed by atoms with Crippen molar-refractivity contribution in [2.45, 2.75) is 58.9 Å². The summed E-state index contributed by atoms with van der Waals surface area (Å²) in [6.07, 6.45) is 5.42. The monoisotopic (exact) mass is 286 g/mol. The summed E-state index contributed by atoms with van der Waals surface area (Å²) in [6.45, 7) is 7.35. The lowest BCUT2D eigenvalue weighted by Gasteiger charge is -2.21. The third kappa shape index (κ3) is 9.78. The largest absolute Gasteiger partial charge is 0.468 e. The average molecular weight is 286 g/mol. The average Bonchev–Trinajstić information content (AvgIpc) is 2.38. The lowest BCUT2D eigenvalue weighted by Crippen LogP contribution is -2.43.